The number of hydrogen-bond acceptors (Lipinski definition) is 3. The van der Waals surface area contributed by atoms with E-state index in [0.717, 1.165) is 25.7 Å². The van der Waals surface area contributed by atoms with E-state index < -0.39 is 11.2 Å². The van der Waals surface area contributed by atoms with E-state index in [1.807, 2.05) is 27.7 Å². The zero-order valence-corrected chi connectivity index (χ0v) is 13.0. The summed E-state index contributed by atoms with van der Waals surface area (Å²) in [6.07, 6.45) is 4.10. The van der Waals surface area contributed by atoms with Gasteiger partial charge in [0.1, 0.15) is 11.2 Å². The molecule has 0 aromatic heterocycles. The lowest BCUT2D eigenvalue weighted by Gasteiger charge is -2.33. The normalized spacial score (nSPS) is 12.8. The van der Waals surface area contributed by atoms with E-state index in [-0.39, 0.29) is 5.78 Å². The van der Waals surface area contributed by atoms with Gasteiger partial charge in [-0.1, -0.05) is 26.7 Å². The summed E-state index contributed by atoms with van der Waals surface area (Å²) in [4.78, 5) is 12.4. The van der Waals surface area contributed by atoms with Crippen LogP contribution in [0.5, 0.6) is 0 Å². The van der Waals surface area contributed by atoms with Crippen LogP contribution in [-0.2, 0) is 14.3 Å². The summed E-state index contributed by atoms with van der Waals surface area (Å²) in [6.45, 7) is 12.8. The SMILES string of the molecule is CCCCOC(C)(C)C(=O)C(C)(C)OCCCC. The van der Waals surface area contributed by atoms with E-state index in [4.69, 9.17) is 9.47 Å². The molecule has 18 heavy (non-hydrogen) atoms. The standard InChI is InChI=1S/C15H30O3/c1-7-9-11-17-14(3,4)13(16)15(5,6)18-12-10-8-2/h7-12H2,1-6H3. The fourth-order valence-electron chi connectivity index (χ4n) is 1.80. The van der Waals surface area contributed by atoms with Crippen molar-refractivity contribution in [3.8, 4) is 0 Å². The van der Waals surface area contributed by atoms with Gasteiger partial charge in [0.15, 0.2) is 5.78 Å². The second kappa shape index (κ2) is 7.90. The molecular weight excluding hydrogens is 228 g/mol. The molecule has 0 radical (unpaired) electrons. The molecule has 0 atom stereocenters. The third kappa shape index (κ3) is 5.96. The van der Waals surface area contributed by atoms with Gasteiger partial charge in [-0.2, -0.15) is 0 Å². The highest BCUT2D eigenvalue weighted by molar-refractivity contribution is 5.93. The summed E-state index contributed by atoms with van der Waals surface area (Å²) in [5.41, 5.74) is -1.55. The molecule has 0 spiro atoms. The van der Waals surface area contributed by atoms with Crippen LogP contribution < -0.4 is 0 Å². The maximum atomic E-state index is 12.4. The Kier molecular flexibility index (Phi) is 7.72. The van der Waals surface area contributed by atoms with Gasteiger partial charge in [0.25, 0.3) is 0 Å². The fraction of sp³-hybridized carbons (Fsp3) is 0.933. The Morgan fingerprint density at radius 3 is 1.44 bits per heavy atom. The first-order valence-corrected chi connectivity index (χ1v) is 7.10. The summed E-state index contributed by atoms with van der Waals surface area (Å²) in [5.74, 6) is 0.0159. The van der Waals surface area contributed by atoms with Gasteiger partial charge in [-0.15, -0.1) is 0 Å². The number of unbranched alkanes of at least 4 members (excludes halogenated alkanes) is 2. The van der Waals surface area contributed by atoms with Crippen molar-refractivity contribution in [3.63, 3.8) is 0 Å². The number of carbonyl (C=O) groups is 1. The van der Waals surface area contributed by atoms with E-state index in [1.54, 1.807) is 0 Å². The van der Waals surface area contributed by atoms with Crippen LogP contribution in [0.3, 0.4) is 0 Å². The third-order valence-corrected chi connectivity index (χ3v) is 3.02. The molecule has 0 rings (SSSR count). The Hall–Kier alpha value is -0.410. The largest absolute Gasteiger partial charge is 0.368 e. The molecule has 0 heterocycles. The number of hydrogen-bond donors (Lipinski definition) is 0. The zero-order valence-electron chi connectivity index (χ0n) is 13.0. The molecule has 0 unspecified atom stereocenters. The van der Waals surface area contributed by atoms with Crippen molar-refractivity contribution in [2.45, 2.75) is 78.4 Å². The minimum absolute atomic E-state index is 0.0159. The van der Waals surface area contributed by atoms with Gasteiger partial charge < -0.3 is 9.47 Å². The molecule has 0 N–H and O–H groups in total. The number of ether oxygens (including phenoxy) is 2. The number of rotatable bonds is 10. The molecule has 0 fully saturated rings. The lowest BCUT2D eigenvalue weighted by molar-refractivity contribution is -0.162. The van der Waals surface area contributed by atoms with Crippen LogP contribution in [0.2, 0.25) is 0 Å². The first-order chi connectivity index (χ1) is 8.28. The quantitative estimate of drug-likeness (QED) is 0.560. The van der Waals surface area contributed by atoms with E-state index in [0.29, 0.717) is 13.2 Å². The molecular formula is C15H30O3. The number of ketones is 1. The second-order valence-electron chi connectivity index (χ2n) is 5.75. The van der Waals surface area contributed by atoms with Gasteiger partial charge in [0.05, 0.1) is 0 Å². The second-order valence-corrected chi connectivity index (χ2v) is 5.75. The van der Waals surface area contributed by atoms with E-state index in [1.165, 1.54) is 0 Å². The van der Waals surface area contributed by atoms with Crippen LogP contribution in [-0.4, -0.2) is 30.2 Å². The summed E-state index contributed by atoms with van der Waals surface area (Å²) >= 11 is 0. The first-order valence-electron chi connectivity index (χ1n) is 7.10. The van der Waals surface area contributed by atoms with Crippen LogP contribution in [0.1, 0.15) is 67.2 Å². The minimum atomic E-state index is -0.773. The average molecular weight is 258 g/mol. The molecule has 0 aromatic rings. The molecule has 0 aliphatic carbocycles. The van der Waals surface area contributed by atoms with Crippen LogP contribution in [0.15, 0.2) is 0 Å². The number of Topliss-reactive ketones (excluding diaryl/α,β-unsaturated/α-hetero) is 1. The molecule has 3 nitrogen and oxygen atoms in total. The molecule has 0 amide bonds. The first kappa shape index (κ1) is 17.6. The molecule has 0 aliphatic rings. The maximum absolute atomic E-state index is 12.4. The topological polar surface area (TPSA) is 35.5 Å². The Balaban J connectivity index is 4.38. The fourth-order valence-corrected chi connectivity index (χ4v) is 1.80. The smallest absolute Gasteiger partial charge is 0.195 e. The van der Waals surface area contributed by atoms with Crippen molar-refractivity contribution in [3.05, 3.63) is 0 Å². The lowest BCUT2D eigenvalue weighted by Crippen LogP contribution is -2.49. The molecule has 0 bridgehead atoms. The predicted octanol–water partition coefficient (Wildman–Crippen LogP) is 3.75. The highest BCUT2D eigenvalue weighted by atomic mass is 16.5. The molecule has 0 saturated heterocycles. The van der Waals surface area contributed by atoms with Crippen LogP contribution >= 0.6 is 0 Å². The van der Waals surface area contributed by atoms with E-state index in [2.05, 4.69) is 13.8 Å². The van der Waals surface area contributed by atoms with Crippen molar-refractivity contribution in [1.82, 2.24) is 0 Å². The van der Waals surface area contributed by atoms with E-state index in [9.17, 15) is 4.79 Å². The molecule has 0 aliphatic heterocycles. The molecule has 0 saturated carbocycles. The lowest BCUT2D eigenvalue weighted by atomic mass is 9.90. The predicted molar refractivity (Wildman–Crippen MR) is 74.9 cm³/mol. The Morgan fingerprint density at radius 2 is 1.17 bits per heavy atom. The summed E-state index contributed by atoms with van der Waals surface area (Å²) in [6, 6.07) is 0. The maximum Gasteiger partial charge on any atom is 0.195 e. The number of carbonyl (C=O) groups excluding carboxylic acids is 1. The monoisotopic (exact) mass is 258 g/mol. The zero-order chi connectivity index (χ0) is 14.2. The van der Waals surface area contributed by atoms with Crippen LogP contribution in [0.4, 0.5) is 0 Å². The van der Waals surface area contributed by atoms with Crippen molar-refractivity contribution in [1.29, 1.82) is 0 Å². The van der Waals surface area contributed by atoms with Crippen molar-refractivity contribution >= 4 is 5.78 Å². The molecule has 3 heteroatoms. The summed E-state index contributed by atoms with van der Waals surface area (Å²) in [7, 11) is 0. The Labute approximate surface area is 112 Å². The van der Waals surface area contributed by atoms with Crippen LogP contribution in [0, 0.1) is 0 Å². The van der Waals surface area contributed by atoms with Crippen molar-refractivity contribution in [2.24, 2.45) is 0 Å². The van der Waals surface area contributed by atoms with Gasteiger partial charge in [-0.3, -0.25) is 4.79 Å². The minimum Gasteiger partial charge on any atom is -0.368 e. The third-order valence-electron chi connectivity index (χ3n) is 3.02. The van der Waals surface area contributed by atoms with E-state index >= 15 is 0 Å². The summed E-state index contributed by atoms with van der Waals surface area (Å²) in [5, 5.41) is 0. The Morgan fingerprint density at radius 1 is 0.833 bits per heavy atom. The van der Waals surface area contributed by atoms with Gasteiger partial charge >= 0.3 is 0 Å². The van der Waals surface area contributed by atoms with Gasteiger partial charge in [0.2, 0.25) is 0 Å². The molecule has 0 aromatic carbocycles. The average Bonchev–Trinajstić information content (AvgIpc) is 2.28. The Bertz CT molecular complexity index is 220. The van der Waals surface area contributed by atoms with Gasteiger partial charge in [-0.05, 0) is 40.5 Å². The highest BCUT2D eigenvalue weighted by Gasteiger charge is 2.40. The van der Waals surface area contributed by atoms with Crippen molar-refractivity contribution < 1.29 is 14.3 Å². The van der Waals surface area contributed by atoms with Gasteiger partial charge in [-0.25, -0.2) is 0 Å². The van der Waals surface area contributed by atoms with Crippen molar-refractivity contribution in [2.75, 3.05) is 13.2 Å². The van der Waals surface area contributed by atoms with Crippen LogP contribution in [0.25, 0.3) is 0 Å². The summed E-state index contributed by atoms with van der Waals surface area (Å²) < 4.78 is 11.4. The van der Waals surface area contributed by atoms with Gasteiger partial charge in [0, 0.05) is 13.2 Å². The molecule has 108 valence electrons. The highest BCUT2D eigenvalue weighted by Crippen LogP contribution is 2.23.